The van der Waals surface area contributed by atoms with Gasteiger partial charge in [-0.1, -0.05) is 0 Å². The van der Waals surface area contributed by atoms with Gasteiger partial charge in [-0.3, -0.25) is 4.79 Å². The number of nitrogens with one attached hydrogen (secondary N) is 1. The molecule has 16 heteroatoms. The Balaban J connectivity index is 1.53. The van der Waals surface area contributed by atoms with Crippen LogP contribution in [-0.4, -0.2) is 53.5 Å². The molecule has 1 unspecified atom stereocenters. The van der Waals surface area contributed by atoms with Crippen LogP contribution >= 0.6 is 11.3 Å². The van der Waals surface area contributed by atoms with E-state index in [9.17, 15) is 31.5 Å². The van der Waals surface area contributed by atoms with Crippen molar-refractivity contribution in [2.45, 2.75) is 57.2 Å². The van der Waals surface area contributed by atoms with Gasteiger partial charge >= 0.3 is 12.1 Å². The molecule has 5 heterocycles. The fraction of sp³-hybridized carbons (Fsp3) is 0.375. The zero-order valence-electron chi connectivity index (χ0n) is 21.0. The Morgan fingerprint density at radius 2 is 1.95 bits per heavy atom. The van der Waals surface area contributed by atoms with E-state index >= 15 is 0 Å². The topological polar surface area (TPSA) is 142 Å². The molecule has 210 valence electrons. The van der Waals surface area contributed by atoms with E-state index in [2.05, 4.69) is 30.4 Å². The second-order valence-electron chi connectivity index (χ2n) is 9.48. The quantitative estimate of drug-likeness (QED) is 0.294. The van der Waals surface area contributed by atoms with Crippen LogP contribution in [0.3, 0.4) is 0 Å². The van der Waals surface area contributed by atoms with Crippen LogP contribution < -0.4 is 11.1 Å². The predicted molar refractivity (Wildman–Crippen MR) is 135 cm³/mol. The van der Waals surface area contributed by atoms with Crippen molar-refractivity contribution in [1.29, 1.82) is 0 Å². The first-order chi connectivity index (χ1) is 18.7. The fourth-order valence-corrected chi connectivity index (χ4v) is 5.41. The van der Waals surface area contributed by atoms with Crippen molar-refractivity contribution in [3.05, 3.63) is 40.0 Å². The van der Waals surface area contributed by atoms with E-state index < -0.39 is 36.4 Å². The summed E-state index contributed by atoms with van der Waals surface area (Å²) >= 11 is 1.23. The molecule has 1 amide bonds. The van der Waals surface area contributed by atoms with Crippen LogP contribution in [0.1, 0.15) is 43.0 Å². The maximum Gasteiger partial charge on any atom is 0.453 e. The normalized spacial score (nSPS) is 17.3. The number of hydrogen-bond donors (Lipinski definition) is 2. The lowest BCUT2D eigenvalue weighted by Gasteiger charge is -2.20. The van der Waals surface area contributed by atoms with E-state index in [1.165, 1.54) is 36.6 Å². The molecule has 4 aromatic heterocycles. The molecular weight excluding hydrogens is 559 g/mol. The second kappa shape index (κ2) is 9.53. The molecule has 3 N–H and O–H groups in total. The molecule has 40 heavy (non-hydrogen) atoms. The molecule has 1 atom stereocenters. The number of fused-ring (bicyclic) bond motifs is 2. The average Bonchev–Trinajstić information content (AvgIpc) is 3.56. The first kappa shape index (κ1) is 27.5. The van der Waals surface area contributed by atoms with Gasteiger partial charge in [0.1, 0.15) is 33.5 Å². The van der Waals surface area contributed by atoms with Crippen molar-refractivity contribution in [1.82, 2.24) is 29.7 Å². The number of nitrogens with zero attached hydrogens (tertiary/aromatic N) is 6. The molecule has 1 aliphatic heterocycles. The summed E-state index contributed by atoms with van der Waals surface area (Å²) in [5.41, 5.74) is 6.00. The number of thiazole rings is 1. The highest BCUT2D eigenvalue weighted by Gasteiger charge is 2.57. The largest absolute Gasteiger partial charge is 0.453 e. The number of pyridine rings is 1. The van der Waals surface area contributed by atoms with Gasteiger partial charge in [-0.05, 0) is 32.4 Å². The molecule has 5 rings (SSSR count). The minimum absolute atomic E-state index is 0.00845. The molecule has 0 aliphatic carbocycles. The zero-order valence-corrected chi connectivity index (χ0v) is 21.8. The highest BCUT2D eigenvalue weighted by atomic mass is 32.1. The van der Waals surface area contributed by atoms with Crippen LogP contribution in [0.25, 0.3) is 22.6 Å². The first-order valence-electron chi connectivity index (χ1n) is 11.9. The molecule has 0 fully saturated rings. The van der Waals surface area contributed by atoms with Gasteiger partial charge in [0.2, 0.25) is 5.91 Å². The summed E-state index contributed by atoms with van der Waals surface area (Å²) in [4.78, 5) is 41.9. The van der Waals surface area contributed by atoms with E-state index in [-0.39, 0.29) is 40.1 Å². The summed E-state index contributed by atoms with van der Waals surface area (Å²) < 4.78 is 66.2. The number of ketones is 1. The van der Waals surface area contributed by atoms with Crippen LogP contribution in [0.15, 0.2) is 23.7 Å². The number of nitrogens with two attached hydrogens (primary N) is 1. The maximum absolute atomic E-state index is 13.6. The summed E-state index contributed by atoms with van der Waals surface area (Å²) in [5.74, 6) is -5.44. The second-order valence-corrected chi connectivity index (χ2v) is 10.3. The Bertz CT molecular complexity index is 1650. The number of carbonyl (C=O) groups is 2. The summed E-state index contributed by atoms with van der Waals surface area (Å²) in [6, 6.07) is 3.07. The highest BCUT2D eigenvalue weighted by Crippen LogP contribution is 2.46. The summed E-state index contributed by atoms with van der Waals surface area (Å²) in [7, 11) is 0. The number of hydrogen-bond acceptors (Lipinski definition) is 9. The molecule has 10 nitrogen and oxygen atoms in total. The summed E-state index contributed by atoms with van der Waals surface area (Å²) in [6.45, 7) is 2.31. The van der Waals surface area contributed by atoms with Crippen molar-refractivity contribution in [3.8, 4) is 11.5 Å². The number of alkyl halides is 5. The molecule has 0 aromatic carbocycles. The molecule has 0 radical (unpaired) electrons. The van der Waals surface area contributed by atoms with Crippen molar-refractivity contribution >= 4 is 45.7 Å². The van der Waals surface area contributed by atoms with Crippen molar-refractivity contribution in [2.24, 2.45) is 0 Å². The lowest BCUT2D eigenvalue weighted by Crippen LogP contribution is -2.37. The SMILES string of the molecule is CC(=O)CCc1csc(C2(C)C(=O)Nc3nc(-c4nn(CCC(F)(F)C(F)(F)F)c5ncccc45)nc(N)c32)n1. The van der Waals surface area contributed by atoms with E-state index in [4.69, 9.17) is 5.73 Å². The van der Waals surface area contributed by atoms with Crippen molar-refractivity contribution in [2.75, 3.05) is 11.1 Å². The minimum Gasteiger partial charge on any atom is -0.383 e. The fourth-order valence-electron chi connectivity index (χ4n) is 4.39. The van der Waals surface area contributed by atoms with Crippen LogP contribution in [0.5, 0.6) is 0 Å². The van der Waals surface area contributed by atoms with E-state index in [0.717, 1.165) is 4.68 Å². The molecular formula is C24H21F5N8O2S. The first-order valence-corrected chi connectivity index (χ1v) is 12.8. The van der Waals surface area contributed by atoms with Gasteiger partial charge in [-0.2, -0.15) is 27.1 Å². The summed E-state index contributed by atoms with van der Waals surface area (Å²) in [6.07, 6.45) is -5.19. The number of rotatable bonds is 8. The van der Waals surface area contributed by atoms with Crippen LogP contribution in [0.4, 0.5) is 33.6 Å². The molecule has 0 saturated carbocycles. The number of carbonyl (C=O) groups excluding carboxylic acids is 2. The third-order valence-electron chi connectivity index (χ3n) is 6.61. The van der Waals surface area contributed by atoms with Gasteiger partial charge in [0.05, 0.1) is 16.6 Å². The average molecular weight is 581 g/mol. The van der Waals surface area contributed by atoms with Gasteiger partial charge in [0.15, 0.2) is 11.5 Å². The number of nitrogen functional groups attached to an aromatic ring is 1. The molecule has 4 aromatic rings. The van der Waals surface area contributed by atoms with E-state index in [1.807, 2.05) is 0 Å². The molecule has 0 saturated heterocycles. The monoisotopic (exact) mass is 580 g/mol. The van der Waals surface area contributed by atoms with Gasteiger partial charge in [-0.15, -0.1) is 11.3 Å². The smallest absolute Gasteiger partial charge is 0.383 e. The minimum atomic E-state index is -5.71. The molecule has 0 spiro atoms. The number of amides is 1. The van der Waals surface area contributed by atoms with Crippen LogP contribution in [0.2, 0.25) is 0 Å². The highest BCUT2D eigenvalue weighted by molar-refractivity contribution is 7.10. The van der Waals surface area contributed by atoms with E-state index in [1.54, 1.807) is 12.3 Å². The predicted octanol–water partition coefficient (Wildman–Crippen LogP) is 4.29. The molecule has 1 aliphatic rings. The Morgan fingerprint density at radius 3 is 2.65 bits per heavy atom. The van der Waals surface area contributed by atoms with E-state index in [0.29, 0.717) is 28.9 Å². The Kier molecular flexibility index (Phi) is 6.55. The maximum atomic E-state index is 13.6. The zero-order chi connectivity index (χ0) is 29.0. The standard InChI is InChI=1S/C24H21F5N8O2S/c1-11(38)5-6-12-10-40-21(32-12)22(2)14-16(30)33-18(34-17(14)35-20(22)39)15-13-4-3-8-31-19(13)37(36-15)9-7-23(25,26)24(27,28)29/h3-4,8,10H,5-7,9H2,1-2H3,(H3,30,33,34,35,39). The van der Waals surface area contributed by atoms with Gasteiger partial charge in [0.25, 0.3) is 0 Å². The number of anilines is 2. The van der Waals surface area contributed by atoms with Gasteiger partial charge in [-0.25, -0.2) is 24.6 Å². The Labute approximate surface area is 226 Å². The Morgan fingerprint density at radius 1 is 1.20 bits per heavy atom. The number of aromatic nitrogens is 6. The van der Waals surface area contributed by atoms with Gasteiger partial charge in [0, 0.05) is 31.0 Å². The third kappa shape index (κ3) is 4.55. The van der Waals surface area contributed by atoms with Gasteiger partial charge < -0.3 is 15.8 Å². The summed E-state index contributed by atoms with van der Waals surface area (Å²) in [5, 5.41) is 9.34. The van der Waals surface area contributed by atoms with Crippen molar-refractivity contribution in [3.63, 3.8) is 0 Å². The Hall–Kier alpha value is -4.08. The third-order valence-corrected chi connectivity index (χ3v) is 7.72. The lowest BCUT2D eigenvalue weighted by molar-refractivity contribution is -0.285. The van der Waals surface area contributed by atoms with Crippen molar-refractivity contribution < 1.29 is 31.5 Å². The van der Waals surface area contributed by atoms with Crippen LogP contribution in [-0.2, 0) is 28.0 Å². The van der Waals surface area contributed by atoms with Crippen LogP contribution in [0, 0.1) is 0 Å². The number of aryl methyl sites for hydroxylation is 2. The number of Topliss-reactive ketones (excluding diaryl/α,β-unsaturated/α-hetero) is 1. The lowest BCUT2D eigenvalue weighted by atomic mass is 9.85. The molecule has 0 bridgehead atoms. The number of halogens is 5.